The Morgan fingerprint density at radius 3 is 2.61 bits per heavy atom. The van der Waals surface area contributed by atoms with Crippen LogP contribution in [0, 0.1) is 6.92 Å². The average molecular weight is 400 g/mol. The molecular formula is C21H25N3O3S. The maximum atomic E-state index is 12.5. The van der Waals surface area contributed by atoms with Crippen LogP contribution in [0.4, 0.5) is 0 Å². The van der Waals surface area contributed by atoms with E-state index in [0.29, 0.717) is 24.1 Å². The molecule has 3 amide bonds. The number of thiophene rings is 1. The minimum Gasteiger partial charge on any atom is -0.354 e. The molecule has 1 N–H and O–H groups in total. The number of carbonyl (C=O) groups is 3. The van der Waals surface area contributed by atoms with Crippen molar-refractivity contribution < 1.29 is 14.4 Å². The monoisotopic (exact) mass is 399 g/mol. The lowest BCUT2D eigenvalue weighted by Crippen LogP contribution is -2.35. The topological polar surface area (TPSA) is 69.7 Å². The molecule has 2 heterocycles. The minimum absolute atomic E-state index is 0.0733. The molecule has 148 valence electrons. The summed E-state index contributed by atoms with van der Waals surface area (Å²) in [4.78, 5) is 41.6. The number of nitrogens with one attached hydrogen (secondary N) is 1. The molecule has 28 heavy (non-hydrogen) atoms. The number of imide groups is 1. The third-order valence-electron chi connectivity index (χ3n) is 4.90. The zero-order valence-electron chi connectivity index (χ0n) is 16.4. The third-order valence-corrected chi connectivity index (χ3v) is 5.87. The van der Waals surface area contributed by atoms with Crippen LogP contribution in [0.15, 0.2) is 35.7 Å². The van der Waals surface area contributed by atoms with E-state index in [1.807, 2.05) is 38.5 Å². The Hall–Kier alpha value is -2.51. The number of hydrogen-bond donors (Lipinski definition) is 1. The number of rotatable bonds is 8. The molecular weight excluding hydrogens is 374 g/mol. The number of fused-ring (bicyclic) bond motifs is 1. The summed E-state index contributed by atoms with van der Waals surface area (Å²) in [5.74, 6) is -0.615. The summed E-state index contributed by atoms with van der Waals surface area (Å²) < 4.78 is 0. The van der Waals surface area contributed by atoms with E-state index in [9.17, 15) is 14.4 Å². The largest absolute Gasteiger partial charge is 0.354 e. The SMILES string of the molecule is Cc1ccc2c(c1)C(=O)N(CCCC(=O)NCC(c1cccs1)N(C)C)C2=O. The van der Waals surface area contributed by atoms with Crippen LogP contribution in [-0.2, 0) is 4.79 Å². The summed E-state index contributed by atoms with van der Waals surface area (Å²) in [6, 6.07) is 9.46. The second kappa shape index (κ2) is 8.67. The summed E-state index contributed by atoms with van der Waals surface area (Å²) in [6.07, 6.45) is 0.721. The van der Waals surface area contributed by atoms with Crippen molar-refractivity contribution in [1.29, 1.82) is 0 Å². The summed E-state index contributed by atoms with van der Waals surface area (Å²) in [5.41, 5.74) is 1.85. The second-order valence-electron chi connectivity index (χ2n) is 7.21. The summed E-state index contributed by atoms with van der Waals surface area (Å²) in [6.45, 7) is 2.67. The van der Waals surface area contributed by atoms with E-state index in [1.165, 1.54) is 9.78 Å². The van der Waals surface area contributed by atoms with Gasteiger partial charge in [-0.2, -0.15) is 0 Å². The normalized spacial score (nSPS) is 14.5. The molecule has 1 aromatic heterocycles. The standard InChI is InChI=1S/C21H25N3O3S/c1-14-8-9-15-16(12-14)21(27)24(20(15)26)10-4-7-19(25)22-13-17(23(2)3)18-6-5-11-28-18/h5-6,8-9,11-12,17H,4,7,10,13H2,1-3H3,(H,22,25). The van der Waals surface area contributed by atoms with E-state index in [2.05, 4.69) is 16.3 Å². The summed E-state index contributed by atoms with van der Waals surface area (Å²) >= 11 is 1.67. The van der Waals surface area contributed by atoms with E-state index in [0.717, 1.165) is 5.56 Å². The fraction of sp³-hybridized carbons (Fsp3) is 0.381. The van der Waals surface area contributed by atoms with E-state index in [-0.39, 0.29) is 36.7 Å². The Morgan fingerprint density at radius 2 is 1.93 bits per heavy atom. The van der Waals surface area contributed by atoms with Crippen LogP contribution in [0.3, 0.4) is 0 Å². The van der Waals surface area contributed by atoms with Crippen molar-refractivity contribution in [3.05, 3.63) is 57.3 Å². The smallest absolute Gasteiger partial charge is 0.261 e. The molecule has 2 aromatic rings. The average Bonchev–Trinajstić information content (AvgIpc) is 3.25. The molecule has 0 saturated carbocycles. The molecule has 1 atom stereocenters. The van der Waals surface area contributed by atoms with Gasteiger partial charge in [0.15, 0.2) is 0 Å². The van der Waals surface area contributed by atoms with E-state index >= 15 is 0 Å². The predicted octanol–water partition coefficient (Wildman–Crippen LogP) is 2.85. The van der Waals surface area contributed by atoms with Crippen LogP contribution < -0.4 is 5.32 Å². The summed E-state index contributed by atoms with van der Waals surface area (Å²) in [5, 5.41) is 4.99. The first-order valence-electron chi connectivity index (χ1n) is 9.32. The van der Waals surface area contributed by atoms with Gasteiger partial charge in [-0.05, 0) is 51.0 Å². The van der Waals surface area contributed by atoms with Gasteiger partial charge >= 0.3 is 0 Å². The van der Waals surface area contributed by atoms with Crippen molar-refractivity contribution >= 4 is 29.1 Å². The Labute approximate surface area is 169 Å². The number of benzene rings is 1. The molecule has 1 aliphatic rings. The molecule has 1 aromatic carbocycles. The number of carbonyl (C=O) groups excluding carboxylic acids is 3. The second-order valence-corrected chi connectivity index (χ2v) is 8.19. The van der Waals surface area contributed by atoms with Crippen LogP contribution in [0.25, 0.3) is 0 Å². The van der Waals surface area contributed by atoms with Gasteiger partial charge in [0, 0.05) is 24.4 Å². The van der Waals surface area contributed by atoms with E-state index in [4.69, 9.17) is 0 Å². The lowest BCUT2D eigenvalue weighted by atomic mass is 10.1. The molecule has 0 spiro atoms. The lowest BCUT2D eigenvalue weighted by Gasteiger charge is -2.23. The Bertz CT molecular complexity index is 877. The van der Waals surface area contributed by atoms with Gasteiger partial charge in [-0.1, -0.05) is 17.7 Å². The predicted molar refractivity (Wildman–Crippen MR) is 110 cm³/mol. The number of amides is 3. The molecule has 0 aliphatic carbocycles. The Kier molecular flexibility index (Phi) is 6.26. The molecule has 0 fully saturated rings. The van der Waals surface area contributed by atoms with Gasteiger partial charge in [0.2, 0.25) is 5.91 Å². The van der Waals surface area contributed by atoms with Crippen molar-refractivity contribution in [1.82, 2.24) is 15.1 Å². The van der Waals surface area contributed by atoms with E-state index in [1.54, 1.807) is 23.5 Å². The molecule has 3 rings (SSSR count). The minimum atomic E-state index is -0.272. The highest BCUT2D eigenvalue weighted by atomic mass is 32.1. The Balaban J connectivity index is 1.48. The van der Waals surface area contributed by atoms with Crippen LogP contribution in [-0.4, -0.2) is 54.7 Å². The molecule has 1 unspecified atom stereocenters. The van der Waals surface area contributed by atoms with Crippen LogP contribution >= 0.6 is 11.3 Å². The van der Waals surface area contributed by atoms with Crippen molar-refractivity contribution in [3.8, 4) is 0 Å². The van der Waals surface area contributed by atoms with Crippen molar-refractivity contribution in [2.45, 2.75) is 25.8 Å². The zero-order valence-corrected chi connectivity index (χ0v) is 17.2. The molecule has 0 radical (unpaired) electrons. The van der Waals surface area contributed by atoms with Crippen molar-refractivity contribution in [2.75, 3.05) is 27.2 Å². The van der Waals surface area contributed by atoms with Gasteiger partial charge in [0.05, 0.1) is 17.2 Å². The number of hydrogen-bond acceptors (Lipinski definition) is 5. The maximum Gasteiger partial charge on any atom is 0.261 e. The molecule has 6 nitrogen and oxygen atoms in total. The van der Waals surface area contributed by atoms with Gasteiger partial charge in [0.25, 0.3) is 11.8 Å². The summed E-state index contributed by atoms with van der Waals surface area (Å²) in [7, 11) is 3.97. The Morgan fingerprint density at radius 1 is 1.18 bits per heavy atom. The fourth-order valence-corrected chi connectivity index (χ4v) is 4.25. The first-order valence-corrected chi connectivity index (χ1v) is 10.2. The number of likely N-dealkylation sites (N-methyl/N-ethyl adjacent to an activating group) is 1. The van der Waals surface area contributed by atoms with Gasteiger partial charge < -0.3 is 10.2 Å². The van der Waals surface area contributed by atoms with Crippen LogP contribution in [0.2, 0.25) is 0 Å². The quantitative estimate of drug-likeness (QED) is 0.693. The highest BCUT2D eigenvalue weighted by molar-refractivity contribution is 7.10. The lowest BCUT2D eigenvalue weighted by molar-refractivity contribution is -0.121. The van der Waals surface area contributed by atoms with Gasteiger partial charge in [-0.3, -0.25) is 19.3 Å². The molecule has 1 aliphatic heterocycles. The highest BCUT2D eigenvalue weighted by Gasteiger charge is 2.34. The van der Waals surface area contributed by atoms with Crippen molar-refractivity contribution in [3.63, 3.8) is 0 Å². The maximum absolute atomic E-state index is 12.5. The number of nitrogens with zero attached hydrogens (tertiary/aromatic N) is 2. The van der Waals surface area contributed by atoms with Gasteiger partial charge in [-0.25, -0.2) is 0 Å². The van der Waals surface area contributed by atoms with Crippen molar-refractivity contribution in [2.24, 2.45) is 0 Å². The first kappa shape index (κ1) is 20.2. The zero-order chi connectivity index (χ0) is 20.3. The molecule has 0 saturated heterocycles. The van der Waals surface area contributed by atoms with E-state index < -0.39 is 0 Å². The fourth-order valence-electron chi connectivity index (χ4n) is 3.32. The van der Waals surface area contributed by atoms with Gasteiger partial charge in [-0.15, -0.1) is 11.3 Å². The first-order chi connectivity index (χ1) is 13.4. The van der Waals surface area contributed by atoms with Gasteiger partial charge in [0.1, 0.15) is 0 Å². The van der Waals surface area contributed by atoms with Crippen LogP contribution in [0.1, 0.15) is 50.0 Å². The molecule has 7 heteroatoms. The van der Waals surface area contributed by atoms with Crippen LogP contribution in [0.5, 0.6) is 0 Å². The number of aryl methyl sites for hydroxylation is 1. The third kappa shape index (κ3) is 4.31. The highest BCUT2D eigenvalue weighted by Crippen LogP contribution is 2.24. The molecule has 0 bridgehead atoms.